The van der Waals surface area contributed by atoms with Gasteiger partial charge in [-0.2, -0.15) is 10.2 Å². The van der Waals surface area contributed by atoms with Crippen molar-refractivity contribution in [3.63, 3.8) is 0 Å². The smallest absolute Gasteiger partial charge is 0.258 e. The number of alkyl halides is 2. The number of imide groups is 2. The maximum atomic E-state index is 14.6. The Labute approximate surface area is 325 Å². The highest BCUT2D eigenvalue weighted by Crippen LogP contribution is 2.66. The van der Waals surface area contributed by atoms with Gasteiger partial charge in [0, 0.05) is 31.3 Å². The normalized spacial score (nSPS) is 27.3. The summed E-state index contributed by atoms with van der Waals surface area (Å²) in [5.74, 6) is -6.97. The van der Waals surface area contributed by atoms with E-state index in [4.69, 9.17) is 27.9 Å². The number of allylic oxidation sites excluding steroid dienone is 2. The fraction of sp³-hybridized carbons (Fsp3) is 0.268. The summed E-state index contributed by atoms with van der Waals surface area (Å²) < 4.78 is 19.4. The van der Waals surface area contributed by atoms with E-state index in [9.17, 15) is 28.7 Å². The van der Waals surface area contributed by atoms with Gasteiger partial charge in [-0.3, -0.25) is 24.1 Å². The second-order valence-electron chi connectivity index (χ2n) is 14.3. The molecule has 4 amide bonds. The molecule has 1 saturated carbocycles. The highest BCUT2D eigenvalue weighted by Gasteiger charge is 2.77. The van der Waals surface area contributed by atoms with Crippen LogP contribution in [0.1, 0.15) is 24.3 Å². The van der Waals surface area contributed by atoms with Gasteiger partial charge < -0.3 is 14.7 Å². The number of nitrogens with zero attached hydrogens (tertiary/aromatic N) is 5. The molecule has 4 aliphatic rings. The molecular weight excluding hydrogens is 748 g/mol. The number of phenolic OH excluding ortho intramolecular Hbond substituents is 1. The minimum Gasteiger partial charge on any atom is -0.508 e. The molecule has 2 aliphatic heterocycles. The molecule has 14 heteroatoms. The van der Waals surface area contributed by atoms with Crippen LogP contribution >= 0.6 is 23.2 Å². The summed E-state index contributed by atoms with van der Waals surface area (Å²) in [5.41, 5.74) is 3.22. The van der Waals surface area contributed by atoms with Crippen molar-refractivity contribution >= 4 is 75.3 Å². The summed E-state index contributed by atoms with van der Waals surface area (Å²) in [6.07, 6.45) is 1.64. The lowest BCUT2D eigenvalue weighted by molar-refractivity contribution is -0.125. The van der Waals surface area contributed by atoms with Crippen molar-refractivity contribution in [3.8, 4) is 11.5 Å². The van der Waals surface area contributed by atoms with E-state index in [0.29, 0.717) is 28.4 Å². The first kappa shape index (κ1) is 36.4. The molecule has 55 heavy (non-hydrogen) atoms. The quantitative estimate of drug-likeness (QED) is 0.0877. The number of hydrogen-bond donors (Lipinski definition) is 1. The average Bonchev–Trinajstić information content (AvgIpc) is 3.52. The summed E-state index contributed by atoms with van der Waals surface area (Å²) in [6, 6.07) is 23.3. The molecule has 1 N–H and O–H groups in total. The van der Waals surface area contributed by atoms with Gasteiger partial charge in [0.05, 0.1) is 41.7 Å². The Morgan fingerprint density at radius 1 is 0.800 bits per heavy atom. The van der Waals surface area contributed by atoms with Crippen LogP contribution in [0, 0.1) is 23.6 Å². The van der Waals surface area contributed by atoms with Crippen molar-refractivity contribution in [2.45, 2.75) is 28.5 Å². The maximum Gasteiger partial charge on any atom is 0.258 e. The van der Waals surface area contributed by atoms with Crippen LogP contribution in [0.3, 0.4) is 0 Å². The number of hydrogen-bond acceptors (Lipinski definition) is 9. The van der Waals surface area contributed by atoms with Gasteiger partial charge in [-0.05, 0) is 110 Å². The second-order valence-corrected chi connectivity index (χ2v) is 15.6. The summed E-state index contributed by atoms with van der Waals surface area (Å²) >= 11 is 14.8. The Morgan fingerprint density at radius 3 is 2.02 bits per heavy atom. The fourth-order valence-electron chi connectivity index (χ4n) is 8.49. The van der Waals surface area contributed by atoms with Crippen LogP contribution < -0.4 is 19.4 Å². The van der Waals surface area contributed by atoms with Crippen LogP contribution in [0.4, 0.5) is 32.8 Å². The van der Waals surface area contributed by atoms with Gasteiger partial charge in [0.15, 0.2) is 9.75 Å². The Morgan fingerprint density at radius 2 is 1.40 bits per heavy atom. The number of phenols is 1. The molecule has 2 aliphatic carbocycles. The van der Waals surface area contributed by atoms with Crippen LogP contribution in [0.15, 0.2) is 113 Å². The number of aromatic hydroxyl groups is 1. The molecular formula is C41H34Cl2FN5O6. The lowest BCUT2D eigenvalue weighted by Crippen LogP contribution is -2.60. The largest absolute Gasteiger partial charge is 0.508 e. The van der Waals surface area contributed by atoms with Gasteiger partial charge in [-0.15, -0.1) is 23.2 Å². The molecule has 3 fully saturated rings. The van der Waals surface area contributed by atoms with Crippen LogP contribution in [-0.2, 0) is 19.2 Å². The zero-order chi connectivity index (χ0) is 39.0. The van der Waals surface area contributed by atoms with Crippen molar-refractivity contribution in [2.75, 3.05) is 35.9 Å². The third-order valence-corrected chi connectivity index (χ3v) is 12.6. The van der Waals surface area contributed by atoms with Gasteiger partial charge in [-0.1, -0.05) is 11.6 Å². The molecule has 0 spiro atoms. The van der Waals surface area contributed by atoms with Crippen LogP contribution in [0.2, 0.25) is 0 Å². The van der Waals surface area contributed by atoms with Gasteiger partial charge >= 0.3 is 0 Å². The zero-order valence-electron chi connectivity index (χ0n) is 29.8. The molecule has 0 radical (unpaired) electrons. The number of carbonyl (C=O) groups is 4. The Kier molecular flexibility index (Phi) is 8.81. The third kappa shape index (κ3) is 5.52. The highest BCUT2D eigenvalue weighted by molar-refractivity contribution is 6.58. The zero-order valence-corrected chi connectivity index (χ0v) is 31.3. The average molecular weight is 783 g/mol. The van der Waals surface area contributed by atoms with Crippen LogP contribution in [0.5, 0.6) is 11.5 Å². The number of fused-ring (bicyclic) bond motifs is 4. The number of benzene rings is 4. The van der Waals surface area contributed by atoms with E-state index in [2.05, 4.69) is 10.2 Å². The van der Waals surface area contributed by atoms with Gasteiger partial charge in [-0.25, -0.2) is 9.29 Å². The number of ether oxygens (including phenoxy) is 1. The second kappa shape index (κ2) is 13.3. The first-order valence-electron chi connectivity index (χ1n) is 17.5. The molecule has 0 aromatic heterocycles. The number of rotatable bonds is 7. The van der Waals surface area contributed by atoms with E-state index in [1.807, 2.05) is 43.3 Å². The lowest BCUT2D eigenvalue weighted by atomic mass is 9.56. The minimum atomic E-state index is -2.21. The van der Waals surface area contributed by atoms with Crippen molar-refractivity contribution in [2.24, 2.45) is 28.0 Å². The number of carbonyl (C=O) groups excluding carboxylic acids is 4. The summed E-state index contributed by atoms with van der Waals surface area (Å²) in [6.45, 7) is 0. The predicted octanol–water partition coefficient (Wildman–Crippen LogP) is 7.79. The molecule has 4 aromatic carbocycles. The number of azo groups is 1. The summed E-state index contributed by atoms with van der Waals surface area (Å²) in [4.78, 5) is 57.2. The molecule has 280 valence electrons. The Hall–Kier alpha value is -5.59. The van der Waals surface area contributed by atoms with E-state index >= 15 is 0 Å². The van der Waals surface area contributed by atoms with E-state index < -0.39 is 62.9 Å². The van der Waals surface area contributed by atoms with E-state index in [-0.39, 0.29) is 29.8 Å². The highest BCUT2D eigenvalue weighted by atomic mass is 35.5. The molecule has 0 bridgehead atoms. The van der Waals surface area contributed by atoms with E-state index in [0.717, 1.165) is 27.6 Å². The first-order chi connectivity index (χ1) is 26.3. The fourth-order valence-corrected chi connectivity index (χ4v) is 9.42. The summed E-state index contributed by atoms with van der Waals surface area (Å²) in [7, 11) is 5.32. The van der Waals surface area contributed by atoms with Gasteiger partial charge in [0.25, 0.3) is 11.8 Å². The lowest BCUT2D eigenvalue weighted by Gasteiger charge is -2.50. The third-order valence-electron chi connectivity index (χ3n) is 11.2. The molecule has 6 unspecified atom stereocenters. The molecule has 2 heterocycles. The molecule has 11 nitrogen and oxygen atoms in total. The van der Waals surface area contributed by atoms with E-state index in [1.165, 1.54) is 37.4 Å². The van der Waals surface area contributed by atoms with Crippen LogP contribution in [0.25, 0.3) is 0 Å². The minimum absolute atomic E-state index is 0.0535. The maximum absolute atomic E-state index is 14.6. The molecule has 6 atom stereocenters. The monoisotopic (exact) mass is 781 g/mol. The molecule has 8 rings (SSSR count). The van der Waals surface area contributed by atoms with Crippen molar-refractivity contribution in [3.05, 3.63) is 114 Å². The van der Waals surface area contributed by atoms with Crippen LogP contribution in [-0.4, -0.2) is 59.7 Å². The number of methoxy groups -OCH3 is 1. The van der Waals surface area contributed by atoms with E-state index in [1.54, 1.807) is 30.3 Å². The number of anilines is 3. The van der Waals surface area contributed by atoms with Crippen molar-refractivity contribution in [1.29, 1.82) is 0 Å². The van der Waals surface area contributed by atoms with Crippen molar-refractivity contribution < 1.29 is 33.4 Å². The number of amides is 4. The topological polar surface area (TPSA) is 132 Å². The first-order valence-corrected chi connectivity index (χ1v) is 18.3. The summed E-state index contributed by atoms with van der Waals surface area (Å²) in [5, 5.41) is 19.9. The Balaban J connectivity index is 1.16. The number of halogens is 3. The van der Waals surface area contributed by atoms with Gasteiger partial charge in [0.1, 0.15) is 17.3 Å². The predicted molar refractivity (Wildman–Crippen MR) is 205 cm³/mol. The molecule has 2 saturated heterocycles. The van der Waals surface area contributed by atoms with Gasteiger partial charge in [0.2, 0.25) is 11.8 Å². The molecule has 4 aromatic rings. The van der Waals surface area contributed by atoms with Crippen molar-refractivity contribution in [1.82, 2.24) is 0 Å². The SMILES string of the molecule is COc1ccc(O)c(C2C3=CCC4C(=O)N(c5ccc(N=Nc6ccc(N(C)C)cc6)cc5)C(=O)C4C3CC3(Cl)C(=O)N(c4ccc(F)cc4)C(=O)C23Cl)c1. The standard InChI is InChI=1S/C41H34Cl2FN5O6/c1-47(2)25-12-6-23(7-13-25)45-46-24-8-14-26(15-9-24)48-36(51)30-18-17-29-32(34(30)37(48)52)21-40(42)38(53)49(27-10-4-22(44)5-11-27)39(54)41(40,43)35(29)31-20-28(55-3)16-19-33(31)50/h4-17,19-20,30,32,34-35,50H,18,21H2,1-3H3. The Bertz CT molecular complexity index is 2320.